The second-order valence-corrected chi connectivity index (χ2v) is 5.13. The van der Waals surface area contributed by atoms with E-state index in [1.807, 2.05) is 20.2 Å². The monoisotopic (exact) mass is 263 g/mol. The lowest BCUT2D eigenvalue weighted by molar-refractivity contribution is 0.174. The largest absolute Gasteiger partial charge is 0.308 e. The van der Waals surface area contributed by atoms with Crippen molar-refractivity contribution in [3.63, 3.8) is 0 Å². The van der Waals surface area contributed by atoms with E-state index in [1.165, 1.54) is 12.1 Å². The number of likely N-dealkylation sites (N-methyl/N-ethyl adjacent to an activating group) is 2. The summed E-state index contributed by atoms with van der Waals surface area (Å²) < 4.78 is 13.4. The van der Waals surface area contributed by atoms with E-state index in [9.17, 15) is 4.39 Å². The molecule has 1 rings (SSSR count). The molecule has 0 heterocycles. The average molecular weight is 263 g/mol. The summed E-state index contributed by atoms with van der Waals surface area (Å²) in [5.74, 6) is -0.342. The first-order valence-corrected chi connectivity index (χ1v) is 6.54. The van der Waals surface area contributed by atoms with Crippen LogP contribution in [0.25, 0.3) is 0 Å². The smallest absolute Gasteiger partial charge is 0.124 e. The van der Waals surface area contributed by atoms with Crippen molar-refractivity contribution in [2.45, 2.75) is 26.4 Å². The fourth-order valence-corrected chi connectivity index (χ4v) is 2.26. The zero-order valence-corrected chi connectivity index (χ0v) is 12.2. The van der Waals surface area contributed by atoms with E-state index in [0.717, 1.165) is 18.7 Å². The molecule has 1 aromatic rings. The van der Waals surface area contributed by atoms with Gasteiger partial charge in [-0.25, -0.2) is 4.39 Å². The number of nitriles is 1. The van der Waals surface area contributed by atoms with Gasteiger partial charge in [-0.15, -0.1) is 0 Å². The van der Waals surface area contributed by atoms with Crippen LogP contribution in [0.15, 0.2) is 18.2 Å². The molecule has 4 heteroatoms. The van der Waals surface area contributed by atoms with E-state index in [4.69, 9.17) is 5.26 Å². The van der Waals surface area contributed by atoms with Crippen LogP contribution in [-0.2, 0) is 6.54 Å². The molecule has 3 nitrogen and oxygen atoms in total. The maximum absolute atomic E-state index is 13.4. The Morgan fingerprint density at radius 1 is 1.32 bits per heavy atom. The maximum Gasteiger partial charge on any atom is 0.124 e. The van der Waals surface area contributed by atoms with Gasteiger partial charge in [0, 0.05) is 19.1 Å². The minimum absolute atomic E-state index is 0.342. The molecule has 0 fully saturated rings. The van der Waals surface area contributed by atoms with Crippen molar-refractivity contribution in [3.8, 4) is 6.07 Å². The molecule has 0 aliphatic rings. The molecule has 104 valence electrons. The van der Waals surface area contributed by atoms with E-state index in [2.05, 4.69) is 23.6 Å². The summed E-state index contributed by atoms with van der Waals surface area (Å²) in [4.78, 5) is 4.41. The van der Waals surface area contributed by atoms with Crippen molar-refractivity contribution in [3.05, 3.63) is 35.1 Å². The average Bonchev–Trinajstić information content (AvgIpc) is 2.34. The molecule has 1 aromatic carbocycles. The molecule has 19 heavy (non-hydrogen) atoms. The number of rotatable bonds is 6. The molecule has 0 aliphatic carbocycles. The van der Waals surface area contributed by atoms with Crippen molar-refractivity contribution in [1.82, 2.24) is 9.80 Å². The van der Waals surface area contributed by atoms with Crippen molar-refractivity contribution < 1.29 is 4.39 Å². The SMILES string of the molecule is CCN(Cc1cc(F)cc(C#N)c1)C(C)CN(C)C. The summed E-state index contributed by atoms with van der Waals surface area (Å²) >= 11 is 0. The Morgan fingerprint density at radius 3 is 2.53 bits per heavy atom. The first-order chi connectivity index (χ1) is 8.96. The third-order valence-electron chi connectivity index (χ3n) is 3.13. The Morgan fingerprint density at radius 2 is 2.00 bits per heavy atom. The van der Waals surface area contributed by atoms with Gasteiger partial charge in [0.05, 0.1) is 11.6 Å². The van der Waals surface area contributed by atoms with Gasteiger partial charge < -0.3 is 4.90 Å². The molecule has 0 bridgehead atoms. The molecule has 0 spiro atoms. The van der Waals surface area contributed by atoms with E-state index in [1.54, 1.807) is 6.07 Å². The number of halogens is 1. The summed E-state index contributed by atoms with van der Waals surface area (Å²) in [6.07, 6.45) is 0. The minimum atomic E-state index is -0.342. The molecule has 0 saturated heterocycles. The molecule has 0 N–H and O–H groups in total. The van der Waals surface area contributed by atoms with Crippen LogP contribution in [0.5, 0.6) is 0 Å². The highest BCUT2D eigenvalue weighted by Gasteiger charge is 2.14. The van der Waals surface area contributed by atoms with Gasteiger partial charge >= 0.3 is 0 Å². The van der Waals surface area contributed by atoms with E-state index < -0.39 is 0 Å². The van der Waals surface area contributed by atoms with Crippen LogP contribution in [0, 0.1) is 17.1 Å². The summed E-state index contributed by atoms with van der Waals surface area (Å²) in [6, 6.07) is 6.91. The summed E-state index contributed by atoms with van der Waals surface area (Å²) in [5.41, 5.74) is 1.23. The second-order valence-electron chi connectivity index (χ2n) is 5.13. The molecular weight excluding hydrogens is 241 g/mol. The third kappa shape index (κ3) is 4.98. The Balaban J connectivity index is 2.81. The molecule has 0 amide bonds. The van der Waals surface area contributed by atoms with Crippen molar-refractivity contribution >= 4 is 0 Å². The second kappa shape index (κ2) is 7.22. The van der Waals surface area contributed by atoms with Gasteiger partial charge in [0.2, 0.25) is 0 Å². The lowest BCUT2D eigenvalue weighted by Crippen LogP contribution is -2.39. The van der Waals surface area contributed by atoms with E-state index in [-0.39, 0.29) is 5.82 Å². The van der Waals surface area contributed by atoms with Crippen molar-refractivity contribution in [2.24, 2.45) is 0 Å². The predicted molar refractivity (Wildman–Crippen MR) is 75.2 cm³/mol. The van der Waals surface area contributed by atoms with Crippen LogP contribution in [0.1, 0.15) is 25.0 Å². The van der Waals surface area contributed by atoms with E-state index in [0.29, 0.717) is 18.2 Å². The fraction of sp³-hybridized carbons (Fsp3) is 0.533. The first kappa shape index (κ1) is 15.6. The van der Waals surface area contributed by atoms with Crippen LogP contribution >= 0.6 is 0 Å². The van der Waals surface area contributed by atoms with Crippen molar-refractivity contribution in [2.75, 3.05) is 27.2 Å². The lowest BCUT2D eigenvalue weighted by Gasteiger charge is -2.30. The molecule has 0 aromatic heterocycles. The third-order valence-corrected chi connectivity index (χ3v) is 3.13. The van der Waals surface area contributed by atoms with Crippen LogP contribution in [-0.4, -0.2) is 43.0 Å². The quantitative estimate of drug-likeness (QED) is 0.790. The molecule has 1 unspecified atom stereocenters. The number of hydrogen-bond acceptors (Lipinski definition) is 3. The summed E-state index contributed by atoms with van der Waals surface area (Å²) in [7, 11) is 4.08. The van der Waals surface area contributed by atoms with Crippen LogP contribution < -0.4 is 0 Å². The van der Waals surface area contributed by atoms with Gasteiger partial charge in [0.25, 0.3) is 0 Å². The van der Waals surface area contributed by atoms with Gasteiger partial charge in [-0.2, -0.15) is 5.26 Å². The van der Waals surface area contributed by atoms with Crippen LogP contribution in [0.4, 0.5) is 4.39 Å². The number of benzene rings is 1. The minimum Gasteiger partial charge on any atom is -0.308 e. The van der Waals surface area contributed by atoms with Crippen molar-refractivity contribution in [1.29, 1.82) is 5.26 Å². The van der Waals surface area contributed by atoms with Crippen LogP contribution in [0.2, 0.25) is 0 Å². The molecule has 0 aliphatic heterocycles. The van der Waals surface area contributed by atoms with Gasteiger partial charge in [-0.3, -0.25) is 4.90 Å². The standard InChI is InChI=1S/C15H22FN3/c1-5-19(12(2)10-18(3)4)11-14-6-13(9-17)7-15(16)8-14/h6-8,12H,5,10-11H2,1-4H3. The van der Waals surface area contributed by atoms with Gasteiger partial charge in [0.15, 0.2) is 0 Å². The van der Waals surface area contributed by atoms with Crippen LogP contribution in [0.3, 0.4) is 0 Å². The number of nitrogens with zero attached hydrogens (tertiary/aromatic N) is 3. The predicted octanol–water partition coefficient (Wildman–Crippen LogP) is 2.47. The first-order valence-electron chi connectivity index (χ1n) is 6.54. The summed E-state index contributed by atoms with van der Waals surface area (Å²) in [5, 5.41) is 8.87. The normalized spacial score (nSPS) is 12.7. The topological polar surface area (TPSA) is 30.3 Å². The summed E-state index contributed by atoms with van der Waals surface area (Å²) in [6.45, 7) is 6.77. The Kier molecular flexibility index (Phi) is 5.94. The van der Waals surface area contributed by atoms with Gasteiger partial charge in [-0.1, -0.05) is 6.92 Å². The maximum atomic E-state index is 13.4. The van der Waals surface area contributed by atoms with Gasteiger partial charge in [-0.05, 0) is 51.3 Å². The molecule has 0 saturated carbocycles. The van der Waals surface area contributed by atoms with E-state index >= 15 is 0 Å². The highest BCUT2D eigenvalue weighted by atomic mass is 19.1. The highest BCUT2D eigenvalue weighted by molar-refractivity contribution is 5.33. The Hall–Kier alpha value is -1.44. The fourth-order valence-electron chi connectivity index (χ4n) is 2.26. The molecular formula is C15H22FN3. The zero-order valence-electron chi connectivity index (χ0n) is 12.2. The molecule has 0 radical (unpaired) electrons. The number of hydrogen-bond donors (Lipinski definition) is 0. The zero-order chi connectivity index (χ0) is 14.4. The highest BCUT2D eigenvalue weighted by Crippen LogP contribution is 2.13. The Labute approximate surface area is 115 Å². The lowest BCUT2D eigenvalue weighted by atomic mass is 10.1. The molecule has 1 atom stereocenters. The van der Waals surface area contributed by atoms with Gasteiger partial charge in [0.1, 0.15) is 5.82 Å². The Bertz CT molecular complexity index is 451.